The molecule has 90 valence electrons. The van der Waals surface area contributed by atoms with Gasteiger partial charge < -0.3 is 0 Å². The summed E-state index contributed by atoms with van der Waals surface area (Å²) in [5.74, 6) is 0. The molecule has 2 rings (SSSR count). The molecule has 1 aromatic carbocycles. The highest BCUT2D eigenvalue weighted by Crippen LogP contribution is 2.21. The zero-order chi connectivity index (χ0) is 12.5. The van der Waals surface area contributed by atoms with Crippen molar-refractivity contribution in [1.82, 2.24) is 9.78 Å². The second kappa shape index (κ2) is 4.33. The minimum absolute atomic E-state index is 0.253. The summed E-state index contributed by atoms with van der Waals surface area (Å²) in [5.41, 5.74) is 0.710. The molecule has 0 aliphatic heterocycles. The van der Waals surface area contributed by atoms with Gasteiger partial charge in [-0.25, -0.2) is 8.42 Å². The third-order valence-corrected chi connectivity index (χ3v) is 4.27. The van der Waals surface area contributed by atoms with Crippen molar-refractivity contribution in [2.45, 2.75) is 30.3 Å². The lowest BCUT2D eigenvalue weighted by Gasteiger charge is -2.05. The Morgan fingerprint density at radius 1 is 1.24 bits per heavy atom. The maximum Gasteiger partial charge on any atom is 0.223 e. The zero-order valence-electron chi connectivity index (χ0n) is 9.79. The Bertz CT molecular complexity index is 615. The molecule has 0 N–H and O–H groups in total. The predicted octanol–water partition coefficient (Wildman–Crippen LogP) is 2.04. The molecule has 0 aliphatic rings. The molecule has 1 aromatic heterocycles. The highest BCUT2D eigenvalue weighted by Gasteiger charge is 2.22. The molecule has 0 spiro atoms. The van der Waals surface area contributed by atoms with Crippen molar-refractivity contribution in [2.75, 3.05) is 0 Å². The van der Waals surface area contributed by atoms with Crippen LogP contribution in [0.1, 0.15) is 12.6 Å². The van der Waals surface area contributed by atoms with Gasteiger partial charge in [0.25, 0.3) is 0 Å². The van der Waals surface area contributed by atoms with E-state index in [0.29, 0.717) is 17.1 Å². The molecule has 17 heavy (non-hydrogen) atoms. The van der Waals surface area contributed by atoms with Crippen LogP contribution in [-0.4, -0.2) is 18.2 Å². The van der Waals surface area contributed by atoms with Crippen molar-refractivity contribution in [3.8, 4) is 0 Å². The standard InChI is InChI=1S/C12H14N2O2S/c1-3-14-12(9-10(2)13-14)17(15,16)11-7-5-4-6-8-11/h4-9H,3H2,1-2H3. The second-order valence-electron chi connectivity index (χ2n) is 3.76. The number of benzene rings is 1. The van der Waals surface area contributed by atoms with Gasteiger partial charge in [-0.2, -0.15) is 5.10 Å². The SMILES string of the molecule is CCn1nc(C)cc1S(=O)(=O)c1ccccc1. The predicted molar refractivity (Wildman–Crippen MR) is 64.5 cm³/mol. The Balaban J connectivity index is 2.60. The third-order valence-electron chi connectivity index (χ3n) is 2.49. The first-order chi connectivity index (χ1) is 8.05. The van der Waals surface area contributed by atoms with Crippen molar-refractivity contribution in [3.63, 3.8) is 0 Å². The van der Waals surface area contributed by atoms with Gasteiger partial charge in [0.1, 0.15) is 0 Å². The Morgan fingerprint density at radius 3 is 2.47 bits per heavy atom. The molecule has 0 saturated carbocycles. The van der Waals surface area contributed by atoms with Gasteiger partial charge >= 0.3 is 0 Å². The first-order valence-electron chi connectivity index (χ1n) is 5.40. The van der Waals surface area contributed by atoms with Crippen LogP contribution in [0.5, 0.6) is 0 Å². The lowest BCUT2D eigenvalue weighted by atomic mass is 10.4. The number of hydrogen-bond acceptors (Lipinski definition) is 3. The maximum absolute atomic E-state index is 12.4. The van der Waals surface area contributed by atoms with E-state index in [-0.39, 0.29) is 5.03 Å². The highest BCUT2D eigenvalue weighted by atomic mass is 32.2. The highest BCUT2D eigenvalue weighted by molar-refractivity contribution is 7.91. The van der Waals surface area contributed by atoms with Crippen LogP contribution in [0.25, 0.3) is 0 Å². The van der Waals surface area contributed by atoms with Crippen molar-refractivity contribution in [1.29, 1.82) is 0 Å². The summed E-state index contributed by atoms with van der Waals surface area (Å²) in [5, 5.41) is 4.41. The van der Waals surface area contributed by atoms with Crippen molar-refractivity contribution >= 4 is 9.84 Å². The molecular formula is C12H14N2O2S. The summed E-state index contributed by atoms with van der Waals surface area (Å²) in [6.45, 7) is 4.20. The van der Waals surface area contributed by atoms with Crippen LogP contribution in [0.3, 0.4) is 0 Å². The average Bonchev–Trinajstić information content (AvgIpc) is 2.72. The summed E-state index contributed by atoms with van der Waals surface area (Å²) in [4.78, 5) is 0.301. The van der Waals surface area contributed by atoms with Crippen molar-refractivity contribution in [2.24, 2.45) is 0 Å². The average molecular weight is 250 g/mol. The monoisotopic (exact) mass is 250 g/mol. The minimum atomic E-state index is -3.46. The maximum atomic E-state index is 12.4. The van der Waals surface area contributed by atoms with Crippen LogP contribution in [0.15, 0.2) is 46.3 Å². The summed E-state index contributed by atoms with van der Waals surface area (Å²) in [6, 6.07) is 10.0. The van der Waals surface area contributed by atoms with Crippen LogP contribution in [-0.2, 0) is 16.4 Å². The molecule has 1 heterocycles. The van der Waals surface area contributed by atoms with E-state index in [1.54, 1.807) is 43.3 Å². The number of rotatable bonds is 3. The summed E-state index contributed by atoms with van der Waals surface area (Å²) >= 11 is 0. The molecule has 0 amide bonds. The van der Waals surface area contributed by atoms with E-state index >= 15 is 0 Å². The van der Waals surface area contributed by atoms with Gasteiger partial charge in [0.05, 0.1) is 10.6 Å². The topological polar surface area (TPSA) is 52.0 Å². The Hall–Kier alpha value is -1.62. The zero-order valence-corrected chi connectivity index (χ0v) is 10.6. The molecule has 0 radical (unpaired) electrons. The van der Waals surface area contributed by atoms with Gasteiger partial charge in [-0.15, -0.1) is 0 Å². The van der Waals surface area contributed by atoms with E-state index in [1.807, 2.05) is 6.92 Å². The lowest BCUT2D eigenvalue weighted by Crippen LogP contribution is -2.10. The normalized spacial score (nSPS) is 11.6. The van der Waals surface area contributed by atoms with Crippen LogP contribution >= 0.6 is 0 Å². The van der Waals surface area contributed by atoms with Crippen LogP contribution in [0.4, 0.5) is 0 Å². The Kier molecular flexibility index (Phi) is 3.02. The van der Waals surface area contributed by atoms with Crippen LogP contribution in [0, 0.1) is 6.92 Å². The molecule has 0 aliphatic carbocycles. The van der Waals surface area contributed by atoms with Crippen molar-refractivity contribution in [3.05, 3.63) is 42.1 Å². The number of aryl methyl sites for hydroxylation is 2. The minimum Gasteiger partial charge on any atom is -0.254 e. The summed E-state index contributed by atoms with van der Waals surface area (Å²) in [7, 11) is -3.46. The smallest absolute Gasteiger partial charge is 0.223 e. The van der Waals surface area contributed by atoms with Gasteiger partial charge in [0.2, 0.25) is 9.84 Å². The first kappa shape index (κ1) is 11.9. The van der Waals surface area contributed by atoms with Gasteiger partial charge in [0.15, 0.2) is 5.03 Å². The second-order valence-corrected chi connectivity index (χ2v) is 5.65. The fourth-order valence-electron chi connectivity index (χ4n) is 1.68. The Labute approximate surface area is 101 Å². The van der Waals surface area contributed by atoms with Crippen molar-refractivity contribution < 1.29 is 8.42 Å². The van der Waals surface area contributed by atoms with E-state index in [2.05, 4.69) is 5.10 Å². The quantitative estimate of drug-likeness (QED) is 0.837. The van der Waals surface area contributed by atoms with E-state index in [1.165, 1.54) is 4.68 Å². The van der Waals surface area contributed by atoms with E-state index in [9.17, 15) is 8.42 Å². The van der Waals surface area contributed by atoms with Gasteiger partial charge in [-0.05, 0) is 32.0 Å². The molecule has 0 fully saturated rings. The molecular weight excluding hydrogens is 236 g/mol. The molecule has 0 saturated heterocycles. The van der Waals surface area contributed by atoms with Crippen LogP contribution in [0.2, 0.25) is 0 Å². The lowest BCUT2D eigenvalue weighted by molar-refractivity contribution is 0.553. The molecule has 0 unspecified atom stereocenters. The molecule has 4 nitrogen and oxygen atoms in total. The van der Waals surface area contributed by atoms with Gasteiger partial charge in [-0.3, -0.25) is 4.68 Å². The number of hydrogen-bond donors (Lipinski definition) is 0. The third kappa shape index (κ3) is 2.10. The molecule has 0 bridgehead atoms. The largest absolute Gasteiger partial charge is 0.254 e. The molecule has 2 aromatic rings. The fraction of sp³-hybridized carbons (Fsp3) is 0.250. The number of sulfone groups is 1. The Morgan fingerprint density at radius 2 is 1.88 bits per heavy atom. The molecule has 5 heteroatoms. The number of nitrogens with zero attached hydrogens (tertiary/aromatic N) is 2. The van der Waals surface area contributed by atoms with Gasteiger partial charge in [0, 0.05) is 6.54 Å². The first-order valence-corrected chi connectivity index (χ1v) is 6.88. The number of aromatic nitrogens is 2. The molecule has 0 atom stereocenters. The summed E-state index contributed by atoms with van der Waals surface area (Å²) < 4.78 is 26.2. The van der Waals surface area contributed by atoms with Gasteiger partial charge in [-0.1, -0.05) is 18.2 Å². The van der Waals surface area contributed by atoms with E-state index in [4.69, 9.17) is 0 Å². The summed E-state index contributed by atoms with van der Waals surface area (Å²) in [6.07, 6.45) is 0. The van der Waals surface area contributed by atoms with Crippen LogP contribution < -0.4 is 0 Å². The fourth-order valence-corrected chi connectivity index (χ4v) is 3.22. The van der Waals surface area contributed by atoms with E-state index in [0.717, 1.165) is 0 Å². The van der Waals surface area contributed by atoms with E-state index < -0.39 is 9.84 Å².